The summed E-state index contributed by atoms with van der Waals surface area (Å²) in [5, 5.41) is 2.52. The largest absolute Gasteiger partial charge is 0.347 e. The average Bonchev–Trinajstić information content (AvgIpc) is 2.79. The Hall–Kier alpha value is -1.59. The van der Waals surface area contributed by atoms with Crippen LogP contribution in [0.3, 0.4) is 0 Å². The summed E-state index contributed by atoms with van der Waals surface area (Å²) in [5.41, 5.74) is 7.27. The summed E-state index contributed by atoms with van der Waals surface area (Å²) < 4.78 is 0. The van der Waals surface area contributed by atoms with Crippen molar-refractivity contribution in [3.8, 4) is 0 Å². The maximum Gasteiger partial charge on any atom is 0.242 e. The highest BCUT2D eigenvalue weighted by Crippen LogP contribution is 2.26. The molecule has 2 rings (SSSR count). The van der Waals surface area contributed by atoms with Crippen molar-refractivity contribution >= 4 is 24.2 Å². The summed E-state index contributed by atoms with van der Waals surface area (Å²) in [6, 6.07) is 9.93. The molecule has 1 aliphatic rings. The molecule has 1 heterocycles. The number of carbonyl (C=O) groups is 2. The molecule has 2 atom stereocenters. The second-order valence-corrected chi connectivity index (χ2v) is 4.89. The fourth-order valence-electron chi connectivity index (χ4n) is 2.40. The lowest BCUT2D eigenvalue weighted by atomic mass is 9.95. The minimum Gasteiger partial charge on any atom is -0.347 e. The van der Waals surface area contributed by atoms with E-state index in [-0.39, 0.29) is 42.7 Å². The van der Waals surface area contributed by atoms with E-state index >= 15 is 0 Å². The summed E-state index contributed by atoms with van der Waals surface area (Å²) in [6.45, 7) is 2.60. The van der Waals surface area contributed by atoms with Crippen molar-refractivity contribution in [3.63, 3.8) is 0 Å². The van der Waals surface area contributed by atoms with E-state index in [4.69, 9.17) is 5.73 Å². The molecule has 1 fully saturated rings. The molecule has 0 spiro atoms. The number of halogens is 1. The van der Waals surface area contributed by atoms with Gasteiger partial charge in [0.2, 0.25) is 11.8 Å². The lowest BCUT2D eigenvalue weighted by Gasteiger charge is -2.16. The molecule has 0 bridgehead atoms. The van der Waals surface area contributed by atoms with Gasteiger partial charge >= 0.3 is 0 Å². The summed E-state index contributed by atoms with van der Waals surface area (Å²) in [6.07, 6.45) is 0. The molecule has 0 saturated carbocycles. The highest BCUT2D eigenvalue weighted by atomic mass is 35.5. The van der Waals surface area contributed by atoms with Crippen molar-refractivity contribution in [1.29, 1.82) is 0 Å². The van der Waals surface area contributed by atoms with Crippen LogP contribution in [0.25, 0.3) is 0 Å². The highest BCUT2D eigenvalue weighted by Gasteiger charge is 2.33. The Bertz CT molecular complexity index is 467. The zero-order valence-corrected chi connectivity index (χ0v) is 12.2. The van der Waals surface area contributed by atoms with Crippen LogP contribution in [0.2, 0.25) is 0 Å². The third-order valence-corrected chi connectivity index (χ3v) is 3.43. The molecular weight excluding hydrogens is 278 g/mol. The van der Waals surface area contributed by atoms with E-state index in [2.05, 4.69) is 5.32 Å². The van der Waals surface area contributed by atoms with Crippen molar-refractivity contribution in [2.45, 2.75) is 18.9 Å². The Labute approximate surface area is 124 Å². The quantitative estimate of drug-likeness (QED) is 0.853. The molecule has 0 unspecified atom stereocenters. The molecule has 5 nitrogen and oxygen atoms in total. The van der Waals surface area contributed by atoms with Crippen LogP contribution in [-0.2, 0) is 9.59 Å². The average molecular weight is 298 g/mol. The molecule has 0 aromatic heterocycles. The topological polar surface area (TPSA) is 75.4 Å². The molecule has 1 aromatic rings. The number of hydrogen-bond donors (Lipinski definition) is 2. The molecular formula is C14H20ClN3O2. The first-order valence-corrected chi connectivity index (χ1v) is 6.40. The molecule has 0 radical (unpaired) electrons. The zero-order chi connectivity index (χ0) is 13.8. The van der Waals surface area contributed by atoms with Gasteiger partial charge in [0, 0.05) is 32.0 Å². The number of nitrogens with two attached hydrogens (primary N) is 1. The van der Waals surface area contributed by atoms with Crippen LogP contribution >= 0.6 is 12.4 Å². The van der Waals surface area contributed by atoms with Gasteiger partial charge in [-0.1, -0.05) is 30.3 Å². The molecule has 110 valence electrons. The second-order valence-electron chi connectivity index (χ2n) is 4.89. The molecule has 1 aliphatic heterocycles. The molecule has 1 aromatic carbocycles. The minimum absolute atomic E-state index is 0. The second kappa shape index (κ2) is 7.26. The fourth-order valence-corrected chi connectivity index (χ4v) is 2.40. The highest BCUT2D eigenvalue weighted by molar-refractivity contribution is 5.85. The standard InChI is InChI=1S/C14H19N3O2.ClH/c1-10(18)16-7-14(19)17-8-12(13(15)9-17)11-5-3-2-4-6-11;/h2-6,12-13H,7-9,15H2,1H3,(H,16,18);1H/t12-,13+;/m0./s1. The number of nitrogens with one attached hydrogen (secondary N) is 1. The van der Waals surface area contributed by atoms with Crippen LogP contribution in [0.15, 0.2) is 30.3 Å². The van der Waals surface area contributed by atoms with Gasteiger partial charge in [-0.25, -0.2) is 0 Å². The van der Waals surface area contributed by atoms with Crippen LogP contribution in [0.1, 0.15) is 18.4 Å². The fraction of sp³-hybridized carbons (Fsp3) is 0.429. The number of benzene rings is 1. The third kappa shape index (κ3) is 3.95. The van der Waals surface area contributed by atoms with Gasteiger partial charge in [0.1, 0.15) is 0 Å². The van der Waals surface area contributed by atoms with Gasteiger partial charge < -0.3 is 16.0 Å². The third-order valence-electron chi connectivity index (χ3n) is 3.43. The van der Waals surface area contributed by atoms with Gasteiger partial charge in [-0.2, -0.15) is 0 Å². The van der Waals surface area contributed by atoms with Crippen molar-refractivity contribution in [2.75, 3.05) is 19.6 Å². The molecule has 0 aliphatic carbocycles. The zero-order valence-electron chi connectivity index (χ0n) is 11.4. The van der Waals surface area contributed by atoms with Gasteiger partial charge in [0.05, 0.1) is 6.54 Å². The molecule has 20 heavy (non-hydrogen) atoms. The van der Waals surface area contributed by atoms with Crippen molar-refractivity contribution in [1.82, 2.24) is 10.2 Å². The predicted molar refractivity (Wildman–Crippen MR) is 79.7 cm³/mol. The summed E-state index contributed by atoms with van der Waals surface area (Å²) in [4.78, 5) is 24.5. The number of hydrogen-bond acceptors (Lipinski definition) is 3. The first-order chi connectivity index (χ1) is 9.08. The first kappa shape index (κ1) is 16.5. The van der Waals surface area contributed by atoms with Gasteiger partial charge in [-0.3, -0.25) is 9.59 Å². The maximum atomic E-state index is 11.9. The Morgan fingerprint density at radius 1 is 1.30 bits per heavy atom. The number of carbonyl (C=O) groups excluding carboxylic acids is 2. The van der Waals surface area contributed by atoms with Crippen molar-refractivity contribution in [2.24, 2.45) is 5.73 Å². The number of amides is 2. The van der Waals surface area contributed by atoms with Gasteiger partial charge in [-0.05, 0) is 5.56 Å². The van der Waals surface area contributed by atoms with Crippen LogP contribution in [0, 0.1) is 0 Å². The summed E-state index contributed by atoms with van der Waals surface area (Å²) in [5.74, 6) is -0.108. The lowest BCUT2D eigenvalue weighted by Crippen LogP contribution is -2.39. The summed E-state index contributed by atoms with van der Waals surface area (Å²) >= 11 is 0. The lowest BCUT2D eigenvalue weighted by molar-refractivity contribution is -0.131. The van der Waals surface area contributed by atoms with Gasteiger partial charge in [0.15, 0.2) is 0 Å². The van der Waals surface area contributed by atoms with Crippen LogP contribution in [0.4, 0.5) is 0 Å². The van der Waals surface area contributed by atoms with Crippen LogP contribution in [0.5, 0.6) is 0 Å². The Kier molecular flexibility index (Phi) is 5.98. The predicted octanol–water partition coefficient (Wildman–Crippen LogP) is 0.498. The normalized spacial score (nSPS) is 21.2. The van der Waals surface area contributed by atoms with Crippen molar-refractivity contribution < 1.29 is 9.59 Å². The van der Waals surface area contributed by atoms with E-state index in [0.29, 0.717) is 13.1 Å². The van der Waals surface area contributed by atoms with E-state index in [9.17, 15) is 9.59 Å². The SMILES string of the molecule is CC(=O)NCC(=O)N1C[C@@H](N)[C@H](c2ccccc2)C1.Cl. The van der Waals surface area contributed by atoms with E-state index in [1.54, 1.807) is 4.90 Å². The molecule has 1 saturated heterocycles. The first-order valence-electron chi connectivity index (χ1n) is 6.40. The van der Waals surface area contributed by atoms with E-state index < -0.39 is 0 Å². The Morgan fingerprint density at radius 3 is 2.55 bits per heavy atom. The van der Waals surface area contributed by atoms with E-state index in [1.165, 1.54) is 6.92 Å². The molecule has 3 N–H and O–H groups in total. The maximum absolute atomic E-state index is 11.9. The summed E-state index contributed by atoms with van der Waals surface area (Å²) in [7, 11) is 0. The molecule has 6 heteroatoms. The Balaban J connectivity index is 0.00000200. The van der Waals surface area contributed by atoms with Gasteiger partial charge in [-0.15, -0.1) is 12.4 Å². The van der Waals surface area contributed by atoms with E-state index in [0.717, 1.165) is 5.56 Å². The number of nitrogens with zero attached hydrogens (tertiary/aromatic N) is 1. The van der Waals surface area contributed by atoms with Crippen LogP contribution < -0.4 is 11.1 Å². The minimum atomic E-state index is -0.198. The smallest absolute Gasteiger partial charge is 0.242 e. The van der Waals surface area contributed by atoms with Gasteiger partial charge in [0.25, 0.3) is 0 Å². The number of likely N-dealkylation sites (tertiary alicyclic amines) is 1. The number of rotatable bonds is 3. The monoisotopic (exact) mass is 297 g/mol. The van der Waals surface area contributed by atoms with Crippen LogP contribution in [-0.4, -0.2) is 42.4 Å². The molecule has 2 amide bonds. The Morgan fingerprint density at radius 2 is 1.95 bits per heavy atom. The van der Waals surface area contributed by atoms with Crippen molar-refractivity contribution in [3.05, 3.63) is 35.9 Å². The van der Waals surface area contributed by atoms with E-state index in [1.807, 2.05) is 30.3 Å².